The summed E-state index contributed by atoms with van der Waals surface area (Å²) in [7, 11) is 0. The topological polar surface area (TPSA) is 77.1 Å². The molecule has 0 spiro atoms. The van der Waals surface area contributed by atoms with E-state index in [9.17, 15) is 9.59 Å². The predicted octanol–water partition coefficient (Wildman–Crippen LogP) is 4.43. The first kappa shape index (κ1) is 22.9. The molecule has 0 bridgehead atoms. The Morgan fingerprint density at radius 3 is 2.55 bits per heavy atom. The van der Waals surface area contributed by atoms with Gasteiger partial charge in [0.15, 0.2) is 11.5 Å². The molecular weight excluding hydrogens is 420 g/mol. The Kier molecular flexibility index (Phi) is 6.99. The summed E-state index contributed by atoms with van der Waals surface area (Å²) < 4.78 is 16.4. The van der Waals surface area contributed by atoms with Crippen LogP contribution in [-0.4, -0.2) is 43.3 Å². The predicted molar refractivity (Wildman–Crippen MR) is 126 cm³/mol. The van der Waals surface area contributed by atoms with Crippen LogP contribution in [0.4, 0.5) is 5.69 Å². The number of aryl methyl sites for hydroxylation is 2. The van der Waals surface area contributed by atoms with Gasteiger partial charge in [0, 0.05) is 31.5 Å². The standard InChI is InChI=1S/C26H30N2O5/c1-4-5-12-31-13-6-11-28-25(29)23(20-9-7-17(2)14-18(20)3)24(26(28)30)27-19-8-10-21-22(15-19)33-16-32-21/h7-10,14-15,27H,4-6,11-13,16H2,1-3H3. The molecule has 0 saturated carbocycles. The molecule has 2 aromatic rings. The quantitative estimate of drug-likeness (QED) is 0.426. The third-order valence-corrected chi connectivity index (χ3v) is 5.77. The zero-order valence-electron chi connectivity index (χ0n) is 19.4. The van der Waals surface area contributed by atoms with Crippen LogP contribution in [0.25, 0.3) is 5.57 Å². The van der Waals surface area contributed by atoms with Gasteiger partial charge in [-0.1, -0.05) is 37.1 Å². The van der Waals surface area contributed by atoms with E-state index in [2.05, 4.69) is 12.2 Å². The Labute approximate surface area is 194 Å². The summed E-state index contributed by atoms with van der Waals surface area (Å²) in [6.45, 7) is 7.76. The number of amides is 2. The monoisotopic (exact) mass is 450 g/mol. The van der Waals surface area contributed by atoms with E-state index in [1.165, 1.54) is 4.90 Å². The number of benzene rings is 2. The van der Waals surface area contributed by atoms with Gasteiger partial charge in [-0.15, -0.1) is 0 Å². The number of carbonyl (C=O) groups excluding carboxylic acids is 2. The van der Waals surface area contributed by atoms with Crippen molar-refractivity contribution < 1.29 is 23.8 Å². The molecule has 0 unspecified atom stereocenters. The summed E-state index contributed by atoms with van der Waals surface area (Å²) in [4.78, 5) is 28.1. The number of nitrogens with one attached hydrogen (secondary N) is 1. The molecule has 33 heavy (non-hydrogen) atoms. The van der Waals surface area contributed by atoms with E-state index in [4.69, 9.17) is 14.2 Å². The number of rotatable bonds is 10. The molecule has 1 N–H and O–H groups in total. The van der Waals surface area contributed by atoms with E-state index in [-0.39, 0.29) is 24.3 Å². The number of carbonyl (C=O) groups is 2. The lowest BCUT2D eigenvalue weighted by Crippen LogP contribution is -2.34. The van der Waals surface area contributed by atoms with E-state index in [1.54, 1.807) is 12.1 Å². The molecule has 2 aliphatic heterocycles. The summed E-state index contributed by atoms with van der Waals surface area (Å²) in [5.74, 6) is 0.638. The number of imide groups is 1. The Hall–Kier alpha value is -3.32. The Balaban J connectivity index is 1.60. The molecule has 0 saturated heterocycles. The van der Waals surface area contributed by atoms with Crippen LogP contribution < -0.4 is 14.8 Å². The van der Waals surface area contributed by atoms with Crippen molar-refractivity contribution in [2.24, 2.45) is 0 Å². The van der Waals surface area contributed by atoms with Gasteiger partial charge in [-0.05, 0) is 49.9 Å². The van der Waals surface area contributed by atoms with Crippen LogP contribution in [0, 0.1) is 13.8 Å². The first-order valence-corrected chi connectivity index (χ1v) is 11.4. The van der Waals surface area contributed by atoms with Crippen LogP contribution in [0.3, 0.4) is 0 Å². The van der Waals surface area contributed by atoms with Crippen molar-refractivity contribution in [2.45, 2.75) is 40.0 Å². The highest BCUT2D eigenvalue weighted by Crippen LogP contribution is 2.37. The van der Waals surface area contributed by atoms with Crippen molar-refractivity contribution in [1.29, 1.82) is 0 Å². The molecule has 2 heterocycles. The van der Waals surface area contributed by atoms with E-state index in [0.717, 1.165) is 29.5 Å². The van der Waals surface area contributed by atoms with Crippen molar-refractivity contribution >= 4 is 23.1 Å². The zero-order valence-corrected chi connectivity index (χ0v) is 19.4. The lowest BCUT2D eigenvalue weighted by atomic mass is 9.97. The molecule has 0 fully saturated rings. The Bertz CT molecular complexity index is 1090. The molecule has 0 aliphatic carbocycles. The van der Waals surface area contributed by atoms with Gasteiger partial charge >= 0.3 is 0 Å². The molecular formula is C26H30N2O5. The highest BCUT2D eigenvalue weighted by Gasteiger charge is 2.39. The summed E-state index contributed by atoms with van der Waals surface area (Å²) in [5.41, 5.74) is 4.12. The molecule has 4 rings (SSSR count). The first-order chi connectivity index (χ1) is 16.0. The summed E-state index contributed by atoms with van der Waals surface area (Å²) in [6, 6.07) is 11.2. The summed E-state index contributed by atoms with van der Waals surface area (Å²) >= 11 is 0. The maximum Gasteiger partial charge on any atom is 0.278 e. The van der Waals surface area contributed by atoms with Crippen LogP contribution in [0.2, 0.25) is 0 Å². The molecule has 2 aromatic carbocycles. The van der Waals surface area contributed by atoms with Crippen LogP contribution in [0.1, 0.15) is 42.9 Å². The zero-order chi connectivity index (χ0) is 23.4. The minimum Gasteiger partial charge on any atom is -0.454 e. The summed E-state index contributed by atoms with van der Waals surface area (Å²) in [6.07, 6.45) is 2.67. The fraction of sp³-hybridized carbons (Fsp3) is 0.385. The van der Waals surface area contributed by atoms with Gasteiger partial charge in [0.25, 0.3) is 11.8 Å². The van der Waals surface area contributed by atoms with Gasteiger partial charge in [-0.2, -0.15) is 0 Å². The lowest BCUT2D eigenvalue weighted by molar-refractivity contribution is -0.137. The van der Waals surface area contributed by atoms with E-state index in [0.29, 0.717) is 48.9 Å². The van der Waals surface area contributed by atoms with E-state index in [1.807, 2.05) is 38.1 Å². The molecule has 7 nitrogen and oxygen atoms in total. The molecule has 174 valence electrons. The van der Waals surface area contributed by atoms with Crippen LogP contribution in [0.5, 0.6) is 11.5 Å². The molecule has 2 amide bonds. The van der Waals surface area contributed by atoms with Crippen molar-refractivity contribution in [2.75, 3.05) is 31.9 Å². The van der Waals surface area contributed by atoms with Crippen molar-refractivity contribution in [1.82, 2.24) is 4.90 Å². The highest BCUT2D eigenvalue weighted by atomic mass is 16.7. The number of hydrogen-bond acceptors (Lipinski definition) is 6. The average molecular weight is 451 g/mol. The molecule has 0 atom stereocenters. The molecule has 2 aliphatic rings. The number of nitrogens with zero attached hydrogens (tertiary/aromatic N) is 1. The number of hydrogen-bond donors (Lipinski definition) is 1. The minimum atomic E-state index is -0.332. The first-order valence-electron chi connectivity index (χ1n) is 11.4. The lowest BCUT2D eigenvalue weighted by Gasteiger charge is -2.15. The van der Waals surface area contributed by atoms with Gasteiger partial charge in [0.05, 0.1) is 5.57 Å². The van der Waals surface area contributed by atoms with Gasteiger partial charge in [0.1, 0.15) is 5.70 Å². The fourth-order valence-electron chi connectivity index (χ4n) is 4.03. The van der Waals surface area contributed by atoms with Crippen molar-refractivity contribution in [3.05, 3.63) is 58.8 Å². The highest BCUT2D eigenvalue weighted by molar-refractivity contribution is 6.36. The van der Waals surface area contributed by atoms with Gasteiger partial charge in [-0.25, -0.2) is 0 Å². The summed E-state index contributed by atoms with van der Waals surface area (Å²) in [5, 5.41) is 3.19. The second-order valence-corrected chi connectivity index (χ2v) is 8.34. The maximum absolute atomic E-state index is 13.4. The Morgan fingerprint density at radius 2 is 1.76 bits per heavy atom. The second kappa shape index (κ2) is 10.1. The average Bonchev–Trinajstić information content (AvgIpc) is 3.34. The fourth-order valence-corrected chi connectivity index (χ4v) is 4.03. The maximum atomic E-state index is 13.4. The minimum absolute atomic E-state index is 0.167. The third-order valence-electron chi connectivity index (χ3n) is 5.77. The van der Waals surface area contributed by atoms with Gasteiger partial charge in [-0.3, -0.25) is 14.5 Å². The van der Waals surface area contributed by atoms with Crippen molar-refractivity contribution in [3.63, 3.8) is 0 Å². The largest absolute Gasteiger partial charge is 0.454 e. The van der Waals surface area contributed by atoms with Crippen LogP contribution in [-0.2, 0) is 14.3 Å². The smallest absolute Gasteiger partial charge is 0.278 e. The Morgan fingerprint density at radius 1 is 0.970 bits per heavy atom. The normalized spacial score (nSPS) is 15.1. The van der Waals surface area contributed by atoms with E-state index >= 15 is 0 Å². The van der Waals surface area contributed by atoms with E-state index < -0.39 is 0 Å². The molecule has 7 heteroatoms. The molecule has 0 aromatic heterocycles. The number of anilines is 1. The van der Waals surface area contributed by atoms with Crippen LogP contribution in [0.15, 0.2) is 42.1 Å². The number of ether oxygens (including phenoxy) is 3. The number of unbranched alkanes of at least 4 members (excludes halogenated alkanes) is 1. The van der Waals surface area contributed by atoms with Crippen molar-refractivity contribution in [3.8, 4) is 11.5 Å². The number of fused-ring (bicyclic) bond motifs is 1. The van der Waals surface area contributed by atoms with Gasteiger partial charge < -0.3 is 19.5 Å². The second-order valence-electron chi connectivity index (χ2n) is 8.34. The SMILES string of the molecule is CCCCOCCCN1C(=O)C(Nc2ccc3c(c2)OCO3)=C(c2ccc(C)cc2C)C1=O. The van der Waals surface area contributed by atoms with Gasteiger partial charge in [0.2, 0.25) is 6.79 Å². The third kappa shape index (κ3) is 4.88. The molecule has 0 radical (unpaired) electrons. The van der Waals surface area contributed by atoms with Crippen LogP contribution >= 0.6 is 0 Å².